The Morgan fingerprint density at radius 1 is 1.21 bits per heavy atom. The van der Waals surface area contributed by atoms with Gasteiger partial charge in [-0.1, -0.05) is 25.1 Å². The molecular formula is C26H29N5O2. The van der Waals surface area contributed by atoms with Crippen molar-refractivity contribution in [2.45, 2.75) is 25.3 Å². The van der Waals surface area contributed by atoms with Crippen LogP contribution in [0.1, 0.15) is 24.8 Å². The smallest absolute Gasteiger partial charge is 0.139 e. The van der Waals surface area contributed by atoms with Gasteiger partial charge in [0.15, 0.2) is 0 Å². The van der Waals surface area contributed by atoms with Crippen molar-refractivity contribution in [1.82, 2.24) is 19.9 Å². The highest BCUT2D eigenvalue weighted by Crippen LogP contribution is 2.31. The zero-order valence-electron chi connectivity index (χ0n) is 18.8. The Kier molecular flexibility index (Phi) is 5.05. The number of nitrogens with zero attached hydrogens (tertiary/aromatic N) is 3. The van der Waals surface area contributed by atoms with Gasteiger partial charge in [-0.25, -0.2) is 9.97 Å². The molecule has 2 aromatic carbocycles. The lowest BCUT2D eigenvalue weighted by atomic mass is 9.86. The number of rotatable bonds is 5. The molecule has 2 atom stereocenters. The van der Waals surface area contributed by atoms with Gasteiger partial charge in [0.25, 0.3) is 0 Å². The summed E-state index contributed by atoms with van der Waals surface area (Å²) in [6, 6.07) is 16.8. The van der Waals surface area contributed by atoms with E-state index in [1.165, 1.54) is 5.56 Å². The van der Waals surface area contributed by atoms with Gasteiger partial charge < -0.3 is 20.5 Å². The molecule has 4 heterocycles. The van der Waals surface area contributed by atoms with Crippen LogP contribution in [-0.2, 0) is 4.74 Å². The van der Waals surface area contributed by atoms with Crippen LogP contribution in [0.2, 0.25) is 0 Å². The van der Waals surface area contributed by atoms with Crippen LogP contribution in [0.25, 0.3) is 27.8 Å². The summed E-state index contributed by atoms with van der Waals surface area (Å²) in [5.41, 5.74) is 10.7. The second kappa shape index (κ2) is 8.09. The Labute approximate surface area is 192 Å². The fourth-order valence-electron chi connectivity index (χ4n) is 4.87. The number of hydrogen-bond acceptors (Lipinski definition) is 6. The summed E-state index contributed by atoms with van der Waals surface area (Å²) < 4.78 is 13.4. The summed E-state index contributed by atoms with van der Waals surface area (Å²) >= 11 is 0. The molecule has 0 bridgehead atoms. The highest BCUT2D eigenvalue weighted by molar-refractivity contribution is 5.84. The van der Waals surface area contributed by atoms with Gasteiger partial charge in [-0.2, -0.15) is 0 Å². The van der Waals surface area contributed by atoms with E-state index in [0.717, 1.165) is 66.2 Å². The Morgan fingerprint density at radius 2 is 2.12 bits per heavy atom. The summed E-state index contributed by atoms with van der Waals surface area (Å²) in [4.78, 5) is 9.71. The summed E-state index contributed by atoms with van der Waals surface area (Å²) in [5, 5.41) is 4.61. The molecule has 33 heavy (non-hydrogen) atoms. The standard InChI is InChI=1S/C26H29N5O2/c1-26(13-32-14-26)15-33-18-6-7-23-22(11-18)29-16-31(23)24-8-5-17-3-2-4-19(25(17)30-24)20-12-28-10-9-21(20)27/h2-8,11,16,20-21,28H,9-10,12-15,27H2,1H3. The van der Waals surface area contributed by atoms with E-state index in [2.05, 4.69) is 47.6 Å². The van der Waals surface area contributed by atoms with Crippen molar-refractivity contribution < 1.29 is 9.47 Å². The van der Waals surface area contributed by atoms with Crippen molar-refractivity contribution in [1.29, 1.82) is 0 Å². The fourth-order valence-corrected chi connectivity index (χ4v) is 4.87. The minimum atomic E-state index is 0.109. The number of piperidine rings is 1. The quantitative estimate of drug-likeness (QED) is 0.492. The first-order chi connectivity index (χ1) is 16.1. The van der Waals surface area contributed by atoms with Crippen molar-refractivity contribution in [3.63, 3.8) is 0 Å². The highest BCUT2D eigenvalue weighted by atomic mass is 16.5. The second-order valence-electron chi connectivity index (χ2n) is 9.71. The lowest BCUT2D eigenvalue weighted by Gasteiger charge is -2.37. The van der Waals surface area contributed by atoms with Crippen LogP contribution in [0.4, 0.5) is 0 Å². The van der Waals surface area contributed by atoms with Crippen molar-refractivity contribution in [2.24, 2.45) is 11.1 Å². The molecule has 2 saturated heterocycles. The van der Waals surface area contributed by atoms with Crippen LogP contribution in [0.5, 0.6) is 5.75 Å². The first-order valence-corrected chi connectivity index (χ1v) is 11.6. The van der Waals surface area contributed by atoms with Crippen LogP contribution in [0.3, 0.4) is 0 Å². The summed E-state index contributed by atoms with van der Waals surface area (Å²) in [6.45, 7) is 6.18. The maximum Gasteiger partial charge on any atom is 0.139 e. The normalized spacial score (nSPS) is 22.4. The molecule has 6 rings (SSSR count). The maximum atomic E-state index is 6.49. The van der Waals surface area contributed by atoms with Gasteiger partial charge in [-0.05, 0) is 42.8 Å². The van der Waals surface area contributed by atoms with E-state index >= 15 is 0 Å². The molecule has 0 spiro atoms. The van der Waals surface area contributed by atoms with E-state index in [4.69, 9.17) is 20.2 Å². The van der Waals surface area contributed by atoms with E-state index in [1.807, 2.05) is 29.1 Å². The highest BCUT2D eigenvalue weighted by Gasteiger charge is 2.34. The molecular weight excluding hydrogens is 414 g/mol. The minimum Gasteiger partial charge on any atom is -0.493 e. The number of ether oxygens (including phenoxy) is 2. The van der Waals surface area contributed by atoms with Crippen LogP contribution in [0.15, 0.2) is 54.9 Å². The number of hydrogen-bond donors (Lipinski definition) is 2. The van der Waals surface area contributed by atoms with Gasteiger partial charge in [-0.3, -0.25) is 4.57 Å². The Morgan fingerprint density at radius 3 is 2.94 bits per heavy atom. The van der Waals surface area contributed by atoms with E-state index < -0.39 is 0 Å². The number of nitrogens with one attached hydrogen (secondary N) is 1. The van der Waals surface area contributed by atoms with Crippen LogP contribution in [-0.4, -0.2) is 53.5 Å². The molecule has 4 aromatic rings. The molecule has 0 aliphatic carbocycles. The van der Waals surface area contributed by atoms with E-state index in [1.54, 1.807) is 0 Å². The zero-order chi connectivity index (χ0) is 22.4. The average molecular weight is 444 g/mol. The molecule has 2 unspecified atom stereocenters. The second-order valence-corrected chi connectivity index (χ2v) is 9.71. The number of imidazole rings is 1. The van der Waals surface area contributed by atoms with E-state index in [0.29, 0.717) is 6.61 Å². The minimum absolute atomic E-state index is 0.109. The SMILES string of the molecule is CC1(COc2ccc3c(c2)ncn3-c2ccc3cccc(C4CNCCC4N)c3n2)COC1. The molecule has 2 aromatic heterocycles. The first-order valence-electron chi connectivity index (χ1n) is 11.6. The summed E-state index contributed by atoms with van der Waals surface area (Å²) in [5.74, 6) is 1.93. The monoisotopic (exact) mass is 443 g/mol. The van der Waals surface area contributed by atoms with Crippen LogP contribution >= 0.6 is 0 Å². The largest absolute Gasteiger partial charge is 0.493 e. The molecule has 2 aliphatic rings. The van der Waals surface area contributed by atoms with Crippen molar-refractivity contribution >= 4 is 21.9 Å². The van der Waals surface area contributed by atoms with Gasteiger partial charge >= 0.3 is 0 Å². The molecule has 0 saturated carbocycles. The fraction of sp³-hybridized carbons (Fsp3) is 0.385. The third kappa shape index (κ3) is 3.76. The Balaban J connectivity index is 1.34. The number of pyridine rings is 1. The lowest BCUT2D eigenvalue weighted by Crippen LogP contribution is -2.44. The molecule has 170 valence electrons. The molecule has 7 nitrogen and oxygen atoms in total. The van der Waals surface area contributed by atoms with Crippen LogP contribution < -0.4 is 15.8 Å². The predicted molar refractivity (Wildman–Crippen MR) is 129 cm³/mol. The molecule has 0 radical (unpaired) electrons. The molecule has 3 N–H and O–H groups in total. The predicted octanol–water partition coefficient (Wildman–Crippen LogP) is 3.39. The molecule has 2 aliphatic heterocycles. The zero-order valence-corrected chi connectivity index (χ0v) is 18.8. The maximum absolute atomic E-state index is 6.49. The van der Waals surface area contributed by atoms with E-state index in [9.17, 15) is 0 Å². The lowest BCUT2D eigenvalue weighted by molar-refractivity contribution is -0.120. The Bertz CT molecular complexity index is 1310. The van der Waals surface area contributed by atoms with Crippen LogP contribution in [0, 0.1) is 5.41 Å². The number of fused-ring (bicyclic) bond motifs is 2. The molecule has 7 heteroatoms. The van der Waals surface area contributed by atoms with Gasteiger partial charge in [0.1, 0.15) is 17.9 Å². The molecule has 2 fully saturated rings. The van der Waals surface area contributed by atoms with Gasteiger partial charge in [0, 0.05) is 35.4 Å². The van der Waals surface area contributed by atoms with E-state index in [-0.39, 0.29) is 17.4 Å². The first kappa shape index (κ1) is 20.6. The number of benzene rings is 2. The van der Waals surface area contributed by atoms with Crippen molar-refractivity contribution in [3.05, 3.63) is 60.4 Å². The summed E-state index contributed by atoms with van der Waals surface area (Å²) in [7, 11) is 0. The Hall–Kier alpha value is -3.00. The van der Waals surface area contributed by atoms with Crippen molar-refractivity contribution in [3.8, 4) is 11.6 Å². The number of nitrogens with two attached hydrogens (primary N) is 1. The van der Waals surface area contributed by atoms with Gasteiger partial charge in [0.2, 0.25) is 0 Å². The number of para-hydroxylation sites is 1. The third-order valence-electron chi connectivity index (χ3n) is 6.93. The topological polar surface area (TPSA) is 87.2 Å². The van der Waals surface area contributed by atoms with Crippen molar-refractivity contribution in [2.75, 3.05) is 32.9 Å². The van der Waals surface area contributed by atoms with Gasteiger partial charge in [-0.15, -0.1) is 0 Å². The average Bonchev–Trinajstić information content (AvgIpc) is 3.24. The molecule has 0 amide bonds. The third-order valence-corrected chi connectivity index (χ3v) is 6.93. The van der Waals surface area contributed by atoms with Gasteiger partial charge in [0.05, 0.1) is 36.4 Å². The number of aromatic nitrogens is 3. The summed E-state index contributed by atoms with van der Waals surface area (Å²) in [6.07, 6.45) is 2.81.